The zero-order chi connectivity index (χ0) is 13.9. The molecule has 0 aliphatic heterocycles. The van der Waals surface area contributed by atoms with E-state index in [2.05, 4.69) is 60.7 Å². The van der Waals surface area contributed by atoms with E-state index in [0.29, 0.717) is 0 Å². The first-order chi connectivity index (χ1) is 8.93. The van der Waals surface area contributed by atoms with Crippen molar-refractivity contribution in [2.24, 2.45) is 0 Å². The van der Waals surface area contributed by atoms with Gasteiger partial charge in [0.2, 0.25) is 0 Å². The topological polar surface area (TPSA) is 77.8 Å². The van der Waals surface area contributed by atoms with Crippen LogP contribution in [0.4, 0.5) is 0 Å². The second kappa shape index (κ2) is 5.51. The Hall–Kier alpha value is -1.71. The molecule has 3 rings (SSSR count). The summed E-state index contributed by atoms with van der Waals surface area (Å²) >= 11 is 0. The van der Waals surface area contributed by atoms with E-state index in [9.17, 15) is 0 Å². The molecule has 4 nitrogen and oxygen atoms in total. The van der Waals surface area contributed by atoms with Crippen molar-refractivity contribution in [1.82, 2.24) is 0 Å². The van der Waals surface area contributed by atoms with Crippen molar-refractivity contribution < 1.29 is 19.2 Å². The van der Waals surface area contributed by atoms with Crippen LogP contribution in [0.5, 0.6) is 0 Å². The highest BCUT2D eigenvalue weighted by Crippen LogP contribution is 2.25. The lowest BCUT2D eigenvalue weighted by Crippen LogP contribution is -1.74. The van der Waals surface area contributed by atoms with Gasteiger partial charge in [0.15, 0.2) is 0 Å². The van der Waals surface area contributed by atoms with Crippen LogP contribution in [0.2, 0.25) is 0 Å². The van der Waals surface area contributed by atoms with Crippen molar-refractivity contribution in [3.05, 3.63) is 60.7 Å². The molecule has 0 aliphatic carbocycles. The number of hydrogen-bond acceptors (Lipinski definition) is 1. The summed E-state index contributed by atoms with van der Waals surface area (Å²) in [6, 6.07) is 21.4. The molecule has 0 bridgehead atoms. The molecule has 3 aromatic rings. The highest BCUT2D eigenvalue weighted by molar-refractivity contribution is 7.45. The quantitative estimate of drug-likeness (QED) is 0.435. The van der Waals surface area contributed by atoms with Gasteiger partial charge >= 0.3 is 7.82 Å². The fourth-order valence-corrected chi connectivity index (χ4v) is 1.88. The smallest absolute Gasteiger partial charge is 0.303 e. The van der Waals surface area contributed by atoms with Gasteiger partial charge in [-0.3, -0.25) is 0 Å². The van der Waals surface area contributed by atoms with Gasteiger partial charge in [-0.15, -0.1) is 0 Å². The maximum absolute atomic E-state index is 8.88. The Morgan fingerprint density at radius 3 is 1.05 bits per heavy atom. The normalized spacial score (nSPS) is 11.1. The average molecular weight is 276 g/mol. The molecule has 0 heterocycles. The van der Waals surface area contributed by atoms with Crippen LogP contribution in [0.3, 0.4) is 0 Å². The van der Waals surface area contributed by atoms with Gasteiger partial charge in [-0.2, -0.15) is 0 Å². The predicted octanol–water partition coefficient (Wildman–Crippen LogP) is 3.06. The monoisotopic (exact) mass is 276 g/mol. The number of hydrogen-bond donors (Lipinski definition) is 3. The van der Waals surface area contributed by atoms with Crippen LogP contribution in [-0.4, -0.2) is 14.7 Å². The van der Waals surface area contributed by atoms with Crippen LogP contribution in [0, 0.1) is 0 Å². The Morgan fingerprint density at radius 2 is 0.842 bits per heavy atom. The predicted molar refractivity (Wildman–Crippen MR) is 75.7 cm³/mol. The summed E-state index contributed by atoms with van der Waals surface area (Å²) in [6.07, 6.45) is 0. The lowest BCUT2D eigenvalue weighted by Gasteiger charge is -2.00. The van der Waals surface area contributed by atoms with Crippen molar-refractivity contribution >= 4 is 29.4 Å². The van der Waals surface area contributed by atoms with Gasteiger partial charge in [0, 0.05) is 0 Å². The summed E-state index contributed by atoms with van der Waals surface area (Å²) < 4.78 is 8.88. The number of fused-ring (bicyclic) bond motifs is 2. The minimum atomic E-state index is -4.64. The Morgan fingerprint density at radius 1 is 0.632 bits per heavy atom. The summed E-state index contributed by atoms with van der Waals surface area (Å²) in [4.78, 5) is 21.6. The van der Waals surface area contributed by atoms with Crippen molar-refractivity contribution in [1.29, 1.82) is 0 Å². The molecule has 98 valence electrons. The Balaban J connectivity index is 0.000000232. The summed E-state index contributed by atoms with van der Waals surface area (Å²) in [5.41, 5.74) is 0. The molecule has 0 amide bonds. The molecule has 0 radical (unpaired) electrons. The third-order valence-electron chi connectivity index (χ3n) is 2.61. The van der Waals surface area contributed by atoms with Crippen LogP contribution < -0.4 is 0 Å². The highest BCUT2D eigenvalue weighted by Gasteiger charge is 2.00. The fourth-order valence-electron chi connectivity index (χ4n) is 1.88. The van der Waals surface area contributed by atoms with E-state index in [4.69, 9.17) is 19.2 Å². The highest BCUT2D eigenvalue weighted by atomic mass is 31.2. The van der Waals surface area contributed by atoms with E-state index in [-0.39, 0.29) is 0 Å². The minimum Gasteiger partial charge on any atom is -0.303 e. The van der Waals surface area contributed by atoms with Gasteiger partial charge in [0.25, 0.3) is 0 Å². The molecule has 0 aromatic heterocycles. The first-order valence-electron chi connectivity index (χ1n) is 5.59. The molecule has 0 saturated heterocycles. The van der Waals surface area contributed by atoms with Gasteiger partial charge in [-0.1, -0.05) is 48.5 Å². The average Bonchev–Trinajstić information content (AvgIpc) is 2.34. The Bertz CT molecular complexity index is 635. The third-order valence-corrected chi connectivity index (χ3v) is 2.61. The van der Waals surface area contributed by atoms with Crippen molar-refractivity contribution in [3.63, 3.8) is 0 Å². The van der Waals surface area contributed by atoms with Crippen molar-refractivity contribution in [2.45, 2.75) is 0 Å². The number of phosphoric acid groups is 1. The van der Waals surface area contributed by atoms with Gasteiger partial charge in [0.05, 0.1) is 0 Å². The molecule has 0 unspecified atom stereocenters. The van der Waals surface area contributed by atoms with Crippen LogP contribution in [0.15, 0.2) is 60.7 Å². The summed E-state index contributed by atoms with van der Waals surface area (Å²) in [6.45, 7) is 0. The van der Waals surface area contributed by atoms with Gasteiger partial charge in [0.1, 0.15) is 0 Å². The van der Waals surface area contributed by atoms with E-state index in [0.717, 1.165) is 0 Å². The molecule has 19 heavy (non-hydrogen) atoms. The van der Waals surface area contributed by atoms with E-state index < -0.39 is 7.82 Å². The van der Waals surface area contributed by atoms with E-state index >= 15 is 0 Å². The van der Waals surface area contributed by atoms with E-state index in [1.165, 1.54) is 21.5 Å². The first-order valence-corrected chi connectivity index (χ1v) is 7.16. The molecule has 3 aromatic carbocycles. The molecule has 0 aliphatic rings. The SMILES string of the molecule is O=P(O)(O)O.c1ccc2cc3ccccc3cc2c1. The van der Waals surface area contributed by atoms with Gasteiger partial charge < -0.3 is 14.7 Å². The second-order valence-electron chi connectivity index (χ2n) is 4.06. The van der Waals surface area contributed by atoms with Crippen LogP contribution in [0.1, 0.15) is 0 Å². The van der Waals surface area contributed by atoms with Crippen LogP contribution >= 0.6 is 7.82 Å². The molecule has 0 spiro atoms. The lowest BCUT2D eigenvalue weighted by atomic mass is 10.0. The fraction of sp³-hybridized carbons (Fsp3) is 0. The largest absolute Gasteiger partial charge is 0.466 e. The van der Waals surface area contributed by atoms with Gasteiger partial charge in [-0.05, 0) is 33.7 Å². The van der Waals surface area contributed by atoms with Gasteiger partial charge in [-0.25, -0.2) is 4.57 Å². The summed E-state index contributed by atoms with van der Waals surface area (Å²) in [5.74, 6) is 0. The van der Waals surface area contributed by atoms with E-state index in [1.807, 2.05) is 0 Å². The standard InChI is InChI=1S/C14H10.H3O4P/c1-2-6-12-10-14-8-4-3-7-13(14)9-11(12)5-1;1-5(2,3)4/h1-10H;(H3,1,2,3,4). The maximum atomic E-state index is 8.88. The third kappa shape index (κ3) is 4.16. The van der Waals surface area contributed by atoms with Crippen LogP contribution in [-0.2, 0) is 4.57 Å². The molecule has 0 atom stereocenters. The Labute approximate surface area is 110 Å². The zero-order valence-electron chi connectivity index (χ0n) is 9.97. The van der Waals surface area contributed by atoms with Crippen molar-refractivity contribution in [3.8, 4) is 0 Å². The summed E-state index contributed by atoms with van der Waals surface area (Å²) in [5, 5.41) is 5.25. The lowest BCUT2D eigenvalue weighted by molar-refractivity contribution is 0.275. The van der Waals surface area contributed by atoms with E-state index in [1.54, 1.807) is 0 Å². The molecular formula is C14H13O4P. The second-order valence-corrected chi connectivity index (χ2v) is 5.09. The number of benzene rings is 3. The zero-order valence-corrected chi connectivity index (χ0v) is 10.9. The number of rotatable bonds is 0. The molecule has 3 N–H and O–H groups in total. The maximum Gasteiger partial charge on any atom is 0.466 e. The first kappa shape index (κ1) is 13.7. The molecule has 0 fully saturated rings. The molecule has 5 heteroatoms. The molecule has 0 saturated carbocycles. The van der Waals surface area contributed by atoms with Crippen molar-refractivity contribution in [2.75, 3.05) is 0 Å². The summed E-state index contributed by atoms with van der Waals surface area (Å²) in [7, 11) is -4.64. The molecular weight excluding hydrogens is 263 g/mol. The Kier molecular flexibility index (Phi) is 3.98. The van der Waals surface area contributed by atoms with Crippen LogP contribution in [0.25, 0.3) is 21.5 Å². The minimum absolute atomic E-state index is 1.31.